The summed E-state index contributed by atoms with van der Waals surface area (Å²) in [7, 11) is 3.25. The van der Waals surface area contributed by atoms with Gasteiger partial charge in [0.05, 0.1) is 12.2 Å². The molecule has 0 spiro atoms. The average molecular weight is 588 g/mol. The smallest absolute Gasteiger partial charge is 0.265 e. The molecular weight excluding hydrogens is 553 g/mol. The summed E-state index contributed by atoms with van der Waals surface area (Å²) >= 11 is 1.73. The van der Waals surface area contributed by atoms with E-state index in [1.807, 2.05) is 4.90 Å². The summed E-state index contributed by atoms with van der Waals surface area (Å²) in [6, 6.07) is 8.67. The number of amides is 1. The third kappa shape index (κ3) is 5.54. The minimum absolute atomic E-state index is 0.0657. The van der Waals surface area contributed by atoms with E-state index in [4.69, 9.17) is 4.98 Å². The Morgan fingerprint density at radius 2 is 2.00 bits per heavy atom. The van der Waals surface area contributed by atoms with Gasteiger partial charge in [0, 0.05) is 67.3 Å². The highest BCUT2D eigenvalue weighted by atomic mass is 32.1. The van der Waals surface area contributed by atoms with Crippen molar-refractivity contribution in [2.45, 2.75) is 32.7 Å². The van der Waals surface area contributed by atoms with Crippen LogP contribution in [0.5, 0.6) is 0 Å². The molecule has 2 aliphatic rings. The molecular formula is C31H34FN7O2S. The van der Waals surface area contributed by atoms with E-state index in [9.17, 15) is 9.59 Å². The molecule has 0 unspecified atom stereocenters. The van der Waals surface area contributed by atoms with Crippen LogP contribution in [0.25, 0.3) is 16.6 Å². The first-order chi connectivity index (χ1) is 20.3. The number of carbonyl (C=O) groups excluding carboxylic acids is 1. The van der Waals surface area contributed by atoms with Crippen molar-refractivity contribution in [3.8, 4) is 0 Å². The molecule has 1 amide bonds. The van der Waals surface area contributed by atoms with E-state index < -0.39 is 5.56 Å². The molecule has 0 saturated carbocycles. The van der Waals surface area contributed by atoms with Crippen molar-refractivity contribution in [3.05, 3.63) is 79.7 Å². The molecule has 1 saturated heterocycles. The van der Waals surface area contributed by atoms with Crippen LogP contribution in [0.1, 0.15) is 44.9 Å². The SMILES string of the molecule is Cc1cc(Cn2c(=O)c(C(=O)N(C)C)cc3cnc(Nc4ccc(N5CCNCC5)c(F)c4)nc32)c(C2=CCCC2)s1. The van der Waals surface area contributed by atoms with Crippen molar-refractivity contribution in [2.75, 3.05) is 50.5 Å². The molecule has 9 nitrogen and oxygen atoms in total. The van der Waals surface area contributed by atoms with E-state index in [1.165, 1.54) is 21.4 Å². The molecule has 42 heavy (non-hydrogen) atoms. The molecule has 11 heteroatoms. The standard InChI is InChI=1S/C31H34FN7O2S/c1-19-14-22(27(42-19)20-6-4-5-7-20)18-39-28-21(15-24(30(39)41)29(40)37(2)3)17-34-31(36-28)35-23-8-9-26(25(32)16-23)38-12-10-33-11-13-38/h6,8-9,14-17,33H,4-5,7,10-13,18H2,1-3H3,(H,34,35,36). The number of thiophene rings is 1. The van der Waals surface area contributed by atoms with Crippen molar-refractivity contribution < 1.29 is 9.18 Å². The predicted molar refractivity (Wildman–Crippen MR) is 167 cm³/mol. The highest BCUT2D eigenvalue weighted by Crippen LogP contribution is 2.36. The first kappa shape index (κ1) is 28.0. The molecule has 0 atom stereocenters. The molecule has 1 aromatic carbocycles. The summed E-state index contributed by atoms with van der Waals surface area (Å²) < 4.78 is 16.6. The first-order valence-electron chi connectivity index (χ1n) is 14.2. The van der Waals surface area contributed by atoms with Crippen LogP contribution in [0.3, 0.4) is 0 Å². The maximum atomic E-state index is 15.1. The highest BCUT2D eigenvalue weighted by Gasteiger charge is 2.22. The molecule has 1 fully saturated rings. The van der Waals surface area contributed by atoms with Gasteiger partial charge in [0.15, 0.2) is 0 Å². The third-order valence-corrected chi connectivity index (χ3v) is 8.89. The maximum Gasteiger partial charge on any atom is 0.265 e. The highest BCUT2D eigenvalue weighted by molar-refractivity contribution is 7.13. The number of aryl methyl sites for hydroxylation is 1. The number of fused-ring (bicyclic) bond motifs is 1. The molecule has 1 aliphatic carbocycles. The van der Waals surface area contributed by atoms with Crippen LogP contribution in [0.2, 0.25) is 0 Å². The normalized spacial score (nSPS) is 15.2. The van der Waals surface area contributed by atoms with Crippen LogP contribution in [-0.4, -0.2) is 65.6 Å². The molecule has 218 valence electrons. The molecule has 2 N–H and O–H groups in total. The number of hydrogen-bond acceptors (Lipinski definition) is 8. The summed E-state index contributed by atoms with van der Waals surface area (Å²) in [5.41, 5.74) is 3.46. The Bertz CT molecular complexity index is 1750. The van der Waals surface area contributed by atoms with Crippen LogP contribution in [-0.2, 0) is 6.54 Å². The van der Waals surface area contributed by atoms with Gasteiger partial charge in [0.25, 0.3) is 11.5 Å². The van der Waals surface area contributed by atoms with Crippen molar-refractivity contribution >= 4 is 51.2 Å². The van der Waals surface area contributed by atoms with E-state index in [2.05, 4.69) is 34.7 Å². The fourth-order valence-corrected chi connectivity index (χ4v) is 6.73. The molecule has 6 rings (SSSR count). The number of carbonyl (C=O) groups is 1. The molecule has 4 aromatic rings. The van der Waals surface area contributed by atoms with Crippen LogP contribution in [0, 0.1) is 12.7 Å². The fraction of sp³-hybridized carbons (Fsp3) is 0.355. The van der Waals surface area contributed by atoms with Crippen molar-refractivity contribution in [3.63, 3.8) is 0 Å². The van der Waals surface area contributed by atoms with Gasteiger partial charge in [-0.1, -0.05) is 6.08 Å². The number of nitrogens with zero attached hydrogens (tertiary/aromatic N) is 5. The quantitative estimate of drug-likeness (QED) is 0.322. The summed E-state index contributed by atoms with van der Waals surface area (Å²) in [6.45, 7) is 5.46. The van der Waals surface area contributed by atoms with Gasteiger partial charge >= 0.3 is 0 Å². The Hall–Kier alpha value is -4.09. The molecule has 3 aromatic heterocycles. The molecule has 0 bridgehead atoms. The zero-order valence-corrected chi connectivity index (χ0v) is 24.9. The topological polar surface area (TPSA) is 95.4 Å². The lowest BCUT2D eigenvalue weighted by Gasteiger charge is -2.29. The van der Waals surface area contributed by atoms with Crippen LogP contribution >= 0.6 is 11.3 Å². The van der Waals surface area contributed by atoms with Crippen LogP contribution in [0.4, 0.5) is 21.7 Å². The van der Waals surface area contributed by atoms with E-state index in [1.54, 1.807) is 54.4 Å². The number of aromatic nitrogens is 3. The van der Waals surface area contributed by atoms with Gasteiger partial charge < -0.3 is 20.4 Å². The Balaban J connectivity index is 1.39. The van der Waals surface area contributed by atoms with E-state index >= 15 is 4.39 Å². The van der Waals surface area contributed by atoms with Gasteiger partial charge in [-0.05, 0) is 67.7 Å². The van der Waals surface area contributed by atoms with Crippen molar-refractivity contribution in [1.82, 2.24) is 24.8 Å². The average Bonchev–Trinajstić information content (AvgIpc) is 3.64. The summed E-state index contributed by atoms with van der Waals surface area (Å²) in [6.07, 6.45) is 7.07. The minimum atomic E-state index is -0.410. The van der Waals surface area contributed by atoms with Crippen LogP contribution in [0.15, 0.2) is 47.4 Å². The molecule has 0 radical (unpaired) electrons. The van der Waals surface area contributed by atoms with E-state index in [-0.39, 0.29) is 29.8 Å². The lowest BCUT2D eigenvalue weighted by molar-refractivity contribution is 0.0825. The zero-order chi connectivity index (χ0) is 29.4. The number of hydrogen-bond donors (Lipinski definition) is 2. The lowest BCUT2D eigenvalue weighted by atomic mass is 10.1. The summed E-state index contributed by atoms with van der Waals surface area (Å²) in [5.74, 6) is -0.469. The van der Waals surface area contributed by atoms with Gasteiger partial charge in [0.1, 0.15) is 17.0 Å². The number of rotatable bonds is 7. The summed E-state index contributed by atoms with van der Waals surface area (Å²) in [5, 5.41) is 6.95. The largest absolute Gasteiger partial charge is 0.367 e. The van der Waals surface area contributed by atoms with Crippen molar-refractivity contribution in [2.24, 2.45) is 0 Å². The number of allylic oxidation sites excluding steroid dienone is 2. The Morgan fingerprint density at radius 3 is 2.71 bits per heavy atom. The monoisotopic (exact) mass is 587 g/mol. The van der Waals surface area contributed by atoms with E-state index in [0.29, 0.717) is 22.4 Å². The van der Waals surface area contributed by atoms with Gasteiger partial charge in [-0.2, -0.15) is 4.98 Å². The zero-order valence-electron chi connectivity index (χ0n) is 24.0. The number of anilines is 3. The van der Waals surface area contributed by atoms with Gasteiger partial charge in [-0.25, -0.2) is 9.37 Å². The van der Waals surface area contributed by atoms with Gasteiger partial charge in [0.2, 0.25) is 5.95 Å². The van der Waals surface area contributed by atoms with Gasteiger partial charge in [-0.3, -0.25) is 14.2 Å². The second-order valence-electron chi connectivity index (χ2n) is 11.0. The van der Waals surface area contributed by atoms with Crippen molar-refractivity contribution in [1.29, 1.82) is 0 Å². The first-order valence-corrected chi connectivity index (χ1v) is 15.0. The number of benzene rings is 1. The fourth-order valence-electron chi connectivity index (χ4n) is 5.64. The number of piperazine rings is 1. The molecule has 4 heterocycles. The minimum Gasteiger partial charge on any atom is -0.367 e. The third-order valence-electron chi connectivity index (χ3n) is 7.72. The molecule has 1 aliphatic heterocycles. The number of pyridine rings is 1. The number of halogens is 1. The number of nitrogens with one attached hydrogen (secondary N) is 2. The predicted octanol–water partition coefficient (Wildman–Crippen LogP) is 4.77. The van der Waals surface area contributed by atoms with Crippen LogP contribution < -0.4 is 21.1 Å². The maximum absolute atomic E-state index is 15.1. The second-order valence-corrected chi connectivity index (χ2v) is 12.2. The van der Waals surface area contributed by atoms with Gasteiger partial charge in [-0.15, -0.1) is 11.3 Å². The van der Waals surface area contributed by atoms with E-state index in [0.717, 1.165) is 55.9 Å². The summed E-state index contributed by atoms with van der Waals surface area (Å²) in [4.78, 5) is 41.7. The Kier molecular flexibility index (Phi) is 7.78. The second kappa shape index (κ2) is 11.7. The lowest BCUT2D eigenvalue weighted by Crippen LogP contribution is -2.43. The Labute approximate surface area is 247 Å². The Morgan fingerprint density at radius 1 is 1.19 bits per heavy atom.